The zero-order valence-electron chi connectivity index (χ0n) is 13.5. The second kappa shape index (κ2) is 7.01. The SMILES string of the molecule is COC(=O)Cc1ccc(Nc2nccc3c(C)ccc(Br)c23)cc1. The standard InChI is InChI=1S/C19H17BrN2O2/c1-12-3-8-16(20)18-15(12)9-10-21-19(18)22-14-6-4-13(5-7-14)11-17(23)24-2/h3-10H,11H2,1-2H3,(H,21,22). The summed E-state index contributed by atoms with van der Waals surface area (Å²) in [6, 6.07) is 13.8. The summed E-state index contributed by atoms with van der Waals surface area (Å²) < 4.78 is 5.68. The number of hydrogen-bond donors (Lipinski definition) is 1. The van der Waals surface area contributed by atoms with E-state index in [9.17, 15) is 4.79 Å². The molecule has 122 valence electrons. The summed E-state index contributed by atoms with van der Waals surface area (Å²) in [5.74, 6) is 0.551. The number of methoxy groups -OCH3 is 1. The Balaban J connectivity index is 1.90. The molecule has 24 heavy (non-hydrogen) atoms. The van der Waals surface area contributed by atoms with Gasteiger partial charge in [0, 0.05) is 21.7 Å². The minimum absolute atomic E-state index is 0.245. The first-order chi connectivity index (χ1) is 11.6. The molecule has 2 aromatic carbocycles. The van der Waals surface area contributed by atoms with E-state index in [1.54, 1.807) is 6.20 Å². The first kappa shape index (κ1) is 16.5. The van der Waals surface area contributed by atoms with Crippen molar-refractivity contribution in [3.63, 3.8) is 0 Å². The molecule has 5 heteroatoms. The number of ether oxygens (including phenoxy) is 1. The number of benzene rings is 2. The molecule has 0 atom stereocenters. The second-order valence-corrected chi connectivity index (χ2v) is 6.38. The average molecular weight is 385 g/mol. The highest BCUT2D eigenvalue weighted by atomic mass is 79.9. The zero-order chi connectivity index (χ0) is 17.1. The van der Waals surface area contributed by atoms with E-state index in [1.807, 2.05) is 36.4 Å². The minimum Gasteiger partial charge on any atom is -0.469 e. The van der Waals surface area contributed by atoms with E-state index in [0.29, 0.717) is 0 Å². The van der Waals surface area contributed by atoms with Crippen molar-refractivity contribution in [1.29, 1.82) is 0 Å². The predicted octanol–water partition coefficient (Wildman–Crippen LogP) is 4.76. The van der Waals surface area contributed by atoms with E-state index in [1.165, 1.54) is 12.7 Å². The number of carbonyl (C=O) groups excluding carboxylic acids is 1. The molecule has 1 heterocycles. The Labute approximate surface area is 149 Å². The van der Waals surface area contributed by atoms with Gasteiger partial charge in [-0.2, -0.15) is 0 Å². The van der Waals surface area contributed by atoms with Crippen molar-refractivity contribution in [1.82, 2.24) is 4.98 Å². The molecule has 0 radical (unpaired) electrons. The quantitative estimate of drug-likeness (QED) is 0.658. The fraction of sp³-hybridized carbons (Fsp3) is 0.158. The predicted molar refractivity (Wildman–Crippen MR) is 99.6 cm³/mol. The number of pyridine rings is 1. The van der Waals surface area contributed by atoms with Crippen molar-refractivity contribution >= 4 is 44.2 Å². The maximum absolute atomic E-state index is 11.3. The number of aryl methyl sites for hydroxylation is 1. The Morgan fingerprint density at radius 1 is 1.17 bits per heavy atom. The van der Waals surface area contributed by atoms with Crippen LogP contribution >= 0.6 is 15.9 Å². The van der Waals surface area contributed by atoms with Crippen LogP contribution in [0.1, 0.15) is 11.1 Å². The van der Waals surface area contributed by atoms with Gasteiger partial charge in [0.15, 0.2) is 0 Å². The maximum Gasteiger partial charge on any atom is 0.309 e. The fourth-order valence-electron chi connectivity index (χ4n) is 2.58. The van der Waals surface area contributed by atoms with Crippen LogP contribution in [-0.4, -0.2) is 18.1 Å². The summed E-state index contributed by atoms with van der Waals surface area (Å²) in [7, 11) is 1.39. The third kappa shape index (κ3) is 3.41. The van der Waals surface area contributed by atoms with Gasteiger partial charge in [-0.25, -0.2) is 4.98 Å². The number of aromatic nitrogens is 1. The van der Waals surface area contributed by atoms with Crippen LogP contribution in [0.25, 0.3) is 10.8 Å². The number of nitrogens with one attached hydrogen (secondary N) is 1. The van der Waals surface area contributed by atoms with Gasteiger partial charge in [-0.1, -0.05) is 34.1 Å². The number of fused-ring (bicyclic) bond motifs is 1. The smallest absolute Gasteiger partial charge is 0.309 e. The van der Waals surface area contributed by atoms with Gasteiger partial charge < -0.3 is 10.1 Å². The lowest BCUT2D eigenvalue weighted by molar-refractivity contribution is -0.139. The third-order valence-corrected chi connectivity index (χ3v) is 4.55. The van der Waals surface area contributed by atoms with Crippen LogP contribution in [0.2, 0.25) is 0 Å². The van der Waals surface area contributed by atoms with Gasteiger partial charge in [0.05, 0.1) is 13.5 Å². The highest BCUT2D eigenvalue weighted by molar-refractivity contribution is 9.10. The molecule has 0 amide bonds. The highest BCUT2D eigenvalue weighted by Crippen LogP contribution is 2.32. The molecule has 0 aliphatic heterocycles. The van der Waals surface area contributed by atoms with Gasteiger partial charge in [-0.3, -0.25) is 4.79 Å². The van der Waals surface area contributed by atoms with E-state index in [4.69, 9.17) is 0 Å². The largest absolute Gasteiger partial charge is 0.469 e. The molecule has 1 N–H and O–H groups in total. The Hall–Kier alpha value is -2.40. The Kier molecular flexibility index (Phi) is 4.81. The van der Waals surface area contributed by atoms with E-state index in [2.05, 4.69) is 44.0 Å². The molecule has 0 saturated heterocycles. The molecule has 0 aliphatic carbocycles. The van der Waals surface area contributed by atoms with Crippen molar-refractivity contribution in [2.75, 3.05) is 12.4 Å². The second-order valence-electron chi connectivity index (χ2n) is 5.52. The molecule has 0 fully saturated rings. The number of halogens is 1. The van der Waals surface area contributed by atoms with E-state index >= 15 is 0 Å². The van der Waals surface area contributed by atoms with Gasteiger partial charge in [-0.15, -0.1) is 0 Å². The molecule has 0 unspecified atom stereocenters. The van der Waals surface area contributed by atoms with Crippen molar-refractivity contribution in [3.8, 4) is 0 Å². The van der Waals surface area contributed by atoms with E-state index in [-0.39, 0.29) is 12.4 Å². The molecule has 0 aliphatic rings. The molecular weight excluding hydrogens is 368 g/mol. The van der Waals surface area contributed by atoms with Gasteiger partial charge in [0.2, 0.25) is 0 Å². The molecule has 3 aromatic rings. The maximum atomic E-state index is 11.3. The topological polar surface area (TPSA) is 51.2 Å². The molecule has 1 aromatic heterocycles. The van der Waals surface area contributed by atoms with Crippen molar-refractivity contribution in [2.45, 2.75) is 13.3 Å². The molecule has 0 spiro atoms. The average Bonchev–Trinajstić information content (AvgIpc) is 2.60. The Morgan fingerprint density at radius 3 is 2.62 bits per heavy atom. The van der Waals surface area contributed by atoms with Crippen molar-refractivity contribution < 1.29 is 9.53 Å². The van der Waals surface area contributed by atoms with Crippen molar-refractivity contribution in [2.24, 2.45) is 0 Å². The summed E-state index contributed by atoms with van der Waals surface area (Å²) in [6.45, 7) is 2.08. The first-order valence-corrected chi connectivity index (χ1v) is 8.34. The molecular formula is C19H17BrN2O2. The molecule has 0 bridgehead atoms. The van der Waals surface area contributed by atoms with Crippen LogP contribution in [0.3, 0.4) is 0 Å². The summed E-state index contributed by atoms with van der Waals surface area (Å²) >= 11 is 3.61. The Morgan fingerprint density at radius 2 is 1.92 bits per heavy atom. The molecule has 4 nitrogen and oxygen atoms in total. The zero-order valence-corrected chi connectivity index (χ0v) is 15.1. The summed E-state index contributed by atoms with van der Waals surface area (Å²) in [5, 5.41) is 5.56. The van der Waals surface area contributed by atoms with Crippen LogP contribution in [0.4, 0.5) is 11.5 Å². The fourth-order valence-corrected chi connectivity index (χ4v) is 3.11. The first-order valence-electron chi connectivity index (χ1n) is 7.55. The number of carbonyl (C=O) groups is 1. The monoisotopic (exact) mass is 384 g/mol. The molecule has 3 rings (SSSR count). The third-order valence-electron chi connectivity index (χ3n) is 3.89. The normalized spacial score (nSPS) is 10.6. The van der Waals surface area contributed by atoms with Crippen LogP contribution in [0, 0.1) is 6.92 Å². The van der Waals surface area contributed by atoms with E-state index < -0.39 is 0 Å². The number of hydrogen-bond acceptors (Lipinski definition) is 4. The lowest BCUT2D eigenvalue weighted by atomic mass is 10.1. The molecule has 0 saturated carbocycles. The number of rotatable bonds is 4. The number of nitrogens with zero attached hydrogens (tertiary/aromatic N) is 1. The van der Waals surface area contributed by atoms with Gasteiger partial charge >= 0.3 is 5.97 Å². The van der Waals surface area contributed by atoms with Crippen LogP contribution in [-0.2, 0) is 16.0 Å². The summed E-state index contributed by atoms with van der Waals surface area (Å²) in [6.07, 6.45) is 2.07. The van der Waals surface area contributed by atoms with Gasteiger partial charge in [0.25, 0.3) is 0 Å². The lowest BCUT2D eigenvalue weighted by Crippen LogP contribution is -2.04. The summed E-state index contributed by atoms with van der Waals surface area (Å²) in [5.41, 5.74) is 3.03. The van der Waals surface area contributed by atoms with E-state index in [0.717, 1.165) is 32.3 Å². The van der Waals surface area contributed by atoms with Crippen molar-refractivity contribution in [3.05, 3.63) is 64.3 Å². The highest BCUT2D eigenvalue weighted by Gasteiger charge is 2.09. The lowest BCUT2D eigenvalue weighted by Gasteiger charge is -2.12. The van der Waals surface area contributed by atoms with Crippen LogP contribution in [0.5, 0.6) is 0 Å². The van der Waals surface area contributed by atoms with Crippen LogP contribution < -0.4 is 5.32 Å². The minimum atomic E-state index is -0.245. The van der Waals surface area contributed by atoms with Gasteiger partial charge in [0.1, 0.15) is 5.82 Å². The number of esters is 1. The van der Waals surface area contributed by atoms with Gasteiger partial charge in [-0.05, 0) is 47.7 Å². The number of anilines is 2. The Bertz CT molecular complexity index is 892. The van der Waals surface area contributed by atoms with Crippen LogP contribution in [0.15, 0.2) is 53.1 Å². The summed E-state index contributed by atoms with van der Waals surface area (Å²) in [4.78, 5) is 15.8.